The Kier molecular flexibility index (Phi) is 7.09. The van der Waals surface area contributed by atoms with Crippen molar-refractivity contribution in [3.63, 3.8) is 0 Å². The maximum absolute atomic E-state index is 12.9. The van der Waals surface area contributed by atoms with Crippen LogP contribution in [-0.4, -0.2) is 41.5 Å². The Morgan fingerprint density at radius 1 is 1.14 bits per heavy atom. The van der Waals surface area contributed by atoms with E-state index in [0.717, 1.165) is 29.7 Å². The number of hydrogen-bond donors (Lipinski definition) is 0. The molecule has 1 aliphatic heterocycles. The topological polar surface area (TPSA) is 48.3 Å². The fraction of sp³-hybridized carbons (Fsp3) is 0.348. The molecule has 1 saturated heterocycles. The Hall–Kier alpha value is -2.60. The molecule has 29 heavy (non-hydrogen) atoms. The minimum atomic E-state index is -0.0719. The Labute approximate surface area is 177 Å². The minimum Gasteiger partial charge on any atom is -0.378 e. The number of carbonyl (C=O) groups excluding carboxylic acids is 1. The number of amides is 1. The highest BCUT2D eigenvalue weighted by molar-refractivity contribution is 8.15. The van der Waals surface area contributed by atoms with Gasteiger partial charge in [-0.25, -0.2) is 0 Å². The number of nitrogens with zero attached hydrogens (tertiary/aromatic N) is 4. The lowest BCUT2D eigenvalue weighted by Crippen LogP contribution is -2.31. The molecule has 0 saturated carbocycles. The second-order valence-electron chi connectivity index (χ2n) is 7.36. The number of benzene rings is 2. The summed E-state index contributed by atoms with van der Waals surface area (Å²) >= 11 is 1.52. The van der Waals surface area contributed by atoms with Crippen LogP contribution in [-0.2, 0) is 11.3 Å². The molecular weight excluding hydrogens is 380 g/mol. The molecule has 0 bridgehead atoms. The Morgan fingerprint density at radius 2 is 1.86 bits per heavy atom. The molecule has 1 amide bonds. The van der Waals surface area contributed by atoms with Crippen molar-refractivity contribution >= 4 is 34.7 Å². The summed E-state index contributed by atoms with van der Waals surface area (Å²) in [6.07, 6.45) is 3.55. The number of carbonyl (C=O) groups is 1. The van der Waals surface area contributed by atoms with Crippen molar-refractivity contribution in [1.82, 2.24) is 4.90 Å². The van der Waals surface area contributed by atoms with Gasteiger partial charge in [0.2, 0.25) is 5.91 Å². The summed E-state index contributed by atoms with van der Waals surface area (Å²) < 4.78 is 0. The molecule has 0 spiro atoms. The fourth-order valence-corrected chi connectivity index (χ4v) is 4.35. The van der Waals surface area contributed by atoms with Crippen LogP contribution in [0.2, 0.25) is 0 Å². The quantitative estimate of drug-likeness (QED) is 0.493. The van der Waals surface area contributed by atoms with Crippen molar-refractivity contribution in [3.05, 3.63) is 65.2 Å². The van der Waals surface area contributed by atoms with E-state index in [1.807, 2.05) is 50.5 Å². The maximum atomic E-state index is 12.9. The van der Waals surface area contributed by atoms with Gasteiger partial charge in [-0.05, 0) is 42.2 Å². The maximum Gasteiger partial charge on any atom is 0.242 e. The number of thioether (sulfide) groups is 1. The van der Waals surface area contributed by atoms with Gasteiger partial charge >= 0.3 is 0 Å². The van der Waals surface area contributed by atoms with Crippen molar-refractivity contribution < 1.29 is 4.79 Å². The van der Waals surface area contributed by atoms with Gasteiger partial charge in [-0.3, -0.25) is 9.69 Å². The predicted octanol–water partition coefficient (Wildman–Crippen LogP) is 4.70. The molecule has 6 heteroatoms. The van der Waals surface area contributed by atoms with Crippen LogP contribution in [0.15, 0.2) is 58.7 Å². The van der Waals surface area contributed by atoms with E-state index in [1.165, 1.54) is 17.3 Å². The number of hydrogen-bond acceptors (Lipinski definition) is 5. The predicted molar refractivity (Wildman–Crippen MR) is 124 cm³/mol. The highest BCUT2D eigenvalue weighted by Crippen LogP contribution is 2.32. The lowest BCUT2D eigenvalue weighted by Gasteiger charge is -2.17. The van der Waals surface area contributed by atoms with Crippen LogP contribution in [0, 0.1) is 6.92 Å². The number of anilines is 1. The zero-order valence-electron chi connectivity index (χ0n) is 17.5. The molecule has 0 aliphatic carbocycles. The third kappa shape index (κ3) is 5.26. The molecule has 0 N–H and O–H groups in total. The van der Waals surface area contributed by atoms with Crippen molar-refractivity contribution in [1.29, 1.82) is 0 Å². The molecular formula is C23H28N4OS. The van der Waals surface area contributed by atoms with Gasteiger partial charge < -0.3 is 4.90 Å². The van der Waals surface area contributed by atoms with Crippen LogP contribution in [0.5, 0.6) is 0 Å². The summed E-state index contributed by atoms with van der Waals surface area (Å²) in [7, 11) is 4.03. The normalized spacial score (nSPS) is 18.2. The molecule has 1 aliphatic rings. The van der Waals surface area contributed by atoms with Crippen molar-refractivity contribution in [2.45, 2.75) is 38.5 Å². The highest BCUT2D eigenvalue weighted by atomic mass is 32.2. The summed E-state index contributed by atoms with van der Waals surface area (Å²) in [6, 6.07) is 16.3. The summed E-state index contributed by atoms with van der Waals surface area (Å²) in [5.41, 5.74) is 4.42. The lowest BCUT2D eigenvalue weighted by atomic mass is 10.1. The van der Waals surface area contributed by atoms with Gasteiger partial charge in [0.05, 0.1) is 18.0 Å². The smallest absolute Gasteiger partial charge is 0.242 e. The average molecular weight is 409 g/mol. The number of rotatable bonds is 7. The first-order valence-corrected chi connectivity index (χ1v) is 10.8. The Balaban J connectivity index is 1.79. The van der Waals surface area contributed by atoms with Gasteiger partial charge in [0.1, 0.15) is 0 Å². The van der Waals surface area contributed by atoms with Crippen LogP contribution in [0.4, 0.5) is 5.69 Å². The van der Waals surface area contributed by atoms with Crippen LogP contribution in [0.3, 0.4) is 0 Å². The third-order valence-corrected chi connectivity index (χ3v) is 6.15. The van der Waals surface area contributed by atoms with Crippen LogP contribution in [0.1, 0.15) is 36.5 Å². The van der Waals surface area contributed by atoms with E-state index in [1.54, 1.807) is 11.1 Å². The first-order valence-electron chi connectivity index (χ1n) is 9.90. The average Bonchev–Trinajstić information content (AvgIpc) is 2.99. The molecule has 1 unspecified atom stereocenters. The van der Waals surface area contributed by atoms with E-state index in [-0.39, 0.29) is 11.2 Å². The van der Waals surface area contributed by atoms with Crippen LogP contribution in [0.25, 0.3) is 0 Å². The molecule has 5 nitrogen and oxygen atoms in total. The zero-order valence-corrected chi connectivity index (χ0v) is 18.3. The van der Waals surface area contributed by atoms with E-state index in [2.05, 4.69) is 41.1 Å². The van der Waals surface area contributed by atoms with Crippen molar-refractivity contribution in [2.75, 3.05) is 19.0 Å². The summed E-state index contributed by atoms with van der Waals surface area (Å²) in [4.78, 5) is 16.8. The first-order chi connectivity index (χ1) is 14.0. The molecule has 0 radical (unpaired) electrons. The van der Waals surface area contributed by atoms with Crippen LogP contribution >= 0.6 is 11.8 Å². The molecule has 1 atom stereocenters. The molecule has 1 fully saturated rings. The Bertz CT molecular complexity index is 905. The third-order valence-electron chi connectivity index (χ3n) is 4.92. The molecule has 1 heterocycles. The van der Waals surface area contributed by atoms with E-state index < -0.39 is 0 Å². The summed E-state index contributed by atoms with van der Waals surface area (Å²) in [5.74, 6) is 0.129. The highest BCUT2D eigenvalue weighted by Gasteiger charge is 2.37. The van der Waals surface area contributed by atoms with Gasteiger partial charge in [0.15, 0.2) is 5.17 Å². The van der Waals surface area contributed by atoms with E-state index >= 15 is 0 Å². The lowest BCUT2D eigenvalue weighted by molar-refractivity contribution is -0.126. The van der Waals surface area contributed by atoms with Gasteiger partial charge in [-0.15, -0.1) is 5.10 Å². The molecule has 2 aromatic carbocycles. The molecule has 2 aromatic rings. The molecule has 3 rings (SSSR count). The SMILES string of the molecule is CCCC1S/C(=N/N=C/c2ccc(N(C)C)cc2)N(Cc2ccccc2C)C1=O. The monoisotopic (exact) mass is 408 g/mol. The Morgan fingerprint density at radius 3 is 2.52 bits per heavy atom. The van der Waals surface area contributed by atoms with Gasteiger partial charge in [-0.2, -0.15) is 5.10 Å². The summed E-state index contributed by atoms with van der Waals surface area (Å²) in [5, 5.41) is 9.29. The first kappa shape index (κ1) is 21.1. The fourth-order valence-electron chi connectivity index (χ4n) is 3.14. The molecule has 152 valence electrons. The van der Waals surface area contributed by atoms with E-state index in [0.29, 0.717) is 11.7 Å². The second-order valence-corrected chi connectivity index (χ2v) is 8.53. The zero-order chi connectivity index (χ0) is 20.8. The standard InChI is InChI=1S/C23H28N4OS/c1-5-8-21-22(28)27(16-19-10-7-6-9-17(19)2)23(29-21)25-24-15-18-11-13-20(14-12-18)26(3)4/h6-7,9-15,21H,5,8,16H2,1-4H3/b24-15+,25-23+. The largest absolute Gasteiger partial charge is 0.378 e. The minimum absolute atomic E-state index is 0.0719. The van der Waals surface area contributed by atoms with E-state index in [9.17, 15) is 4.79 Å². The van der Waals surface area contributed by atoms with Gasteiger partial charge in [-0.1, -0.05) is 61.5 Å². The van der Waals surface area contributed by atoms with E-state index in [4.69, 9.17) is 0 Å². The van der Waals surface area contributed by atoms with Gasteiger partial charge in [0.25, 0.3) is 0 Å². The van der Waals surface area contributed by atoms with Crippen molar-refractivity contribution in [3.8, 4) is 0 Å². The van der Waals surface area contributed by atoms with Crippen molar-refractivity contribution in [2.24, 2.45) is 10.2 Å². The van der Waals surface area contributed by atoms with Gasteiger partial charge in [0, 0.05) is 19.8 Å². The number of aryl methyl sites for hydroxylation is 1. The van der Waals surface area contributed by atoms with Crippen LogP contribution < -0.4 is 4.90 Å². The number of amidine groups is 1. The molecule has 0 aromatic heterocycles. The summed E-state index contributed by atoms with van der Waals surface area (Å²) in [6.45, 7) is 4.70. The second kappa shape index (κ2) is 9.74.